The van der Waals surface area contributed by atoms with Crippen molar-refractivity contribution in [1.29, 1.82) is 0 Å². The average molecular weight is 329 g/mol. The van der Waals surface area contributed by atoms with Gasteiger partial charge in [0.15, 0.2) is 9.76 Å². The Hall–Kier alpha value is -1.46. The second-order valence-electron chi connectivity index (χ2n) is 6.73. The van der Waals surface area contributed by atoms with Gasteiger partial charge in [-0.2, -0.15) is 0 Å². The van der Waals surface area contributed by atoms with E-state index in [4.69, 9.17) is 10.2 Å². The van der Waals surface area contributed by atoms with Gasteiger partial charge in [-0.05, 0) is 31.9 Å². The van der Waals surface area contributed by atoms with Crippen LogP contribution in [-0.4, -0.2) is 28.1 Å². The number of hydrogen-bond donors (Lipinski definition) is 2. The van der Waals surface area contributed by atoms with E-state index in [-0.39, 0.29) is 11.1 Å². The van der Waals surface area contributed by atoms with Crippen molar-refractivity contribution in [2.75, 3.05) is 12.7 Å². The van der Waals surface area contributed by atoms with Crippen LogP contribution < -0.4 is 11.1 Å². The van der Waals surface area contributed by atoms with E-state index < -0.39 is 9.76 Å². The summed E-state index contributed by atoms with van der Waals surface area (Å²) in [4.78, 5) is 0. The molecule has 0 amide bonds. The molecular weight excluding hydrogens is 300 g/mol. The van der Waals surface area contributed by atoms with E-state index >= 15 is 0 Å². The van der Waals surface area contributed by atoms with Crippen molar-refractivity contribution in [2.24, 2.45) is 5.73 Å². The lowest BCUT2D eigenvalue weighted by Gasteiger charge is -2.35. The van der Waals surface area contributed by atoms with Crippen LogP contribution in [-0.2, 0) is 9.96 Å². The Balaban J connectivity index is 2.25. The molecule has 4 heteroatoms. The first-order valence-corrected chi connectivity index (χ1v) is 9.76. The molecule has 0 aromatic heterocycles. The summed E-state index contributed by atoms with van der Waals surface area (Å²) >= 11 is 0. The first-order valence-electron chi connectivity index (χ1n) is 8.18. The predicted octanol–water partition coefficient (Wildman–Crippen LogP) is 2.33. The van der Waals surface area contributed by atoms with Crippen LogP contribution in [0.5, 0.6) is 0 Å². The van der Waals surface area contributed by atoms with E-state index in [2.05, 4.69) is 74.6 Å². The van der Waals surface area contributed by atoms with Gasteiger partial charge in [-0.15, -0.1) is 0 Å². The molecule has 23 heavy (non-hydrogen) atoms. The van der Waals surface area contributed by atoms with Crippen molar-refractivity contribution >= 4 is 9.76 Å². The Morgan fingerprint density at radius 2 is 1.39 bits per heavy atom. The molecule has 0 saturated heterocycles. The van der Waals surface area contributed by atoms with Crippen LogP contribution in [0.1, 0.15) is 31.9 Å². The van der Waals surface area contributed by atoms with Crippen molar-refractivity contribution in [3.63, 3.8) is 0 Å². The number of hydrogen-bond acceptors (Lipinski definition) is 3. The largest absolute Gasteiger partial charge is 0.418 e. The Kier molecular flexibility index (Phi) is 6.13. The monoisotopic (exact) mass is 328 g/mol. The van der Waals surface area contributed by atoms with Crippen LogP contribution in [0.3, 0.4) is 0 Å². The molecule has 0 saturated carbocycles. The van der Waals surface area contributed by atoms with Crippen molar-refractivity contribution in [2.45, 2.75) is 31.9 Å². The lowest BCUT2D eigenvalue weighted by Crippen LogP contribution is -2.51. The number of nitrogens with one attached hydrogen (secondary N) is 1. The highest BCUT2D eigenvalue weighted by molar-refractivity contribution is 6.27. The Morgan fingerprint density at radius 3 is 1.78 bits per heavy atom. The molecule has 3 nitrogen and oxygen atoms in total. The summed E-state index contributed by atoms with van der Waals surface area (Å²) < 4.78 is 5.98. The fourth-order valence-corrected chi connectivity index (χ4v) is 3.99. The third-order valence-corrected chi connectivity index (χ3v) is 5.43. The topological polar surface area (TPSA) is 47.3 Å². The summed E-state index contributed by atoms with van der Waals surface area (Å²) in [6.45, 7) is 6.81. The summed E-state index contributed by atoms with van der Waals surface area (Å²) in [5.41, 5.74) is 8.20. The molecule has 2 rings (SSSR count). The van der Waals surface area contributed by atoms with Crippen LogP contribution in [0, 0.1) is 0 Å². The molecule has 2 aromatic rings. The lowest BCUT2D eigenvalue weighted by atomic mass is 9.83. The molecule has 3 N–H and O–H groups in total. The number of rotatable bonds is 7. The van der Waals surface area contributed by atoms with Gasteiger partial charge in [-0.25, -0.2) is 0 Å². The van der Waals surface area contributed by atoms with Gasteiger partial charge in [0.25, 0.3) is 0 Å². The maximum atomic E-state index is 6.25. The summed E-state index contributed by atoms with van der Waals surface area (Å²) in [7, 11) is -0.658. The highest BCUT2D eigenvalue weighted by atomic mass is 28.2. The SMILES string of the molecule is CC(C)(C)O[SiH2]CNC(CN)(c1ccccc1)c1ccccc1. The van der Waals surface area contributed by atoms with E-state index in [0.29, 0.717) is 6.54 Å². The van der Waals surface area contributed by atoms with Gasteiger partial charge in [-0.3, -0.25) is 0 Å². The molecule has 0 aliphatic heterocycles. The van der Waals surface area contributed by atoms with E-state index in [1.165, 1.54) is 11.1 Å². The van der Waals surface area contributed by atoms with Gasteiger partial charge in [0.1, 0.15) is 0 Å². The van der Waals surface area contributed by atoms with Crippen molar-refractivity contribution in [3.05, 3.63) is 71.8 Å². The number of nitrogens with two attached hydrogens (primary N) is 1. The van der Waals surface area contributed by atoms with Gasteiger partial charge in [0.05, 0.1) is 5.54 Å². The maximum Gasteiger partial charge on any atom is 0.175 e. The average Bonchev–Trinajstić information content (AvgIpc) is 2.56. The third kappa shape index (κ3) is 4.75. The molecule has 0 radical (unpaired) electrons. The maximum absolute atomic E-state index is 6.25. The minimum absolute atomic E-state index is 0.0707. The Labute approximate surface area is 142 Å². The fourth-order valence-electron chi connectivity index (χ4n) is 2.75. The molecule has 2 aromatic carbocycles. The normalized spacial score (nSPS) is 12.9. The van der Waals surface area contributed by atoms with Crippen molar-refractivity contribution in [1.82, 2.24) is 5.32 Å². The minimum Gasteiger partial charge on any atom is -0.418 e. The molecule has 0 atom stereocenters. The molecule has 0 spiro atoms. The number of benzene rings is 2. The van der Waals surface area contributed by atoms with Gasteiger partial charge >= 0.3 is 0 Å². The van der Waals surface area contributed by atoms with Gasteiger partial charge < -0.3 is 15.5 Å². The van der Waals surface area contributed by atoms with Crippen LogP contribution in [0.4, 0.5) is 0 Å². The van der Waals surface area contributed by atoms with Gasteiger partial charge in [-0.1, -0.05) is 60.7 Å². The van der Waals surface area contributed by atoms with Gasteiger partial charge in [0.2, 0.25) is 0 Å². The zero-order valence-electron chi connectivity index (χ0n) is 14.4. The minimum atomic E-state index is -0.658. The second-order valence-corrected chi connectivity index (χ2v) is 7.93. The molecular formula is C19H28N2OSi. The highest BCUT2D eigenvalue weighted by Gasteiger charge is 2.32. The van der Waals surface area contributed by atoms with E-state index in [9.17, 15) is 0 Å². The first kappa shape index (κ1) is 17.9. The van der Waals surface area contributed by atoms with Crippen LogP contribution >= 0.6 is 0 Å². The predicted molar refractivity (Wildman–Crippen MR) is 100 cm³/mol. The Bertz CT molecular complexity index is 542. The quantitative estimate of drug-likeness (QED) is 0.606. The van der Waals surface area contributed by atoms with Crippen molar-refractivity contribution < 1.29 is 4.43 Å². The van der Waals surface area contributed by atoms with E-state index in [1.54, 1.807) is 0 Å². The third-order valence-electron chi connectivity index (χ3n) is 3.90. The lowest BCUT2D eigenvalue weighted by molar-refractivity contribution is 0.137. The smallest absolute Gasteiger partial charge is 0.175 e. The molecule has 0 aliphatic carbocycles. The van der Waals surface area contributed by atoms with Crippen LogP contribution in [0.25, 0.3) is 0 Å². The zero-order valence-corrected chi connectivity index (χ0v) is 15.8. The summed E-state index contributed by atoms with van der Waals surface area (Å²) in [6, 6.07) is 20.9. The molecule has 0 aliphatic rings. The molecule has 0 heterocycles. The highest BCUT2D eigenvalue weighted by Crippen LogP contribution is 2.28. The first-order chi connectivity index (χ1) is 11.0. The molecule has 0 bridgehead atoms. The molecule has 0 unspecified atom stereocenters. The second kappa shape index (κ2) is 7.88. The van der Waals surface area contributed by atoms with E-state index in [1.807, 2.05) is 12.1 Å². The van der Waals surface area contributed by atoms with E-state index in [0.717, 1.165) is 6.17 Å². The molecule has 124 valence electrons. The Morgan fingerprint density at radius 1 is 0.913 bits per heavy atom. The summed E-state index contributed by atoms with van der Waals surface area (Å²) in [5, 5.41) is 3.70. The van der Waals surface area contributed by atoms with Crippen molar-refractivity contribution in [3.8, 4) is 0 Å². The fraction of sp³-hybridized carbons (Fsp3) is 0.368. The molecule has 0 fully saturated rings. The van der Waals surface area contributed by atoms with Gasteiger partial charge in [0, 0.05) is 18.3 Å². The van der Waals surface area contributed by atoms with Crippen LogP contribution in [0.15, 0.2) is 60.7 Å². The summed E-state index contributed by atoms with van der Waals surface area (Å²) in [5.74, 6) is 0. The zero-order chi connectivity index (χ0) is 16.8. The summed E-state index contributed by atoms with van der Waals surface area (Å²) in [6.07, 6.45) is 0.873. The van der Waals surface area contributed by atoms with Crippen LogP contribution in [0.2, 0.25) is 0 Å². The standard InChI is InChI=1S/C19H28N2OSi/c1-18(2,3)22-23-15-21-19(14-20,16-10-6-4-7-11-16)17-12-8-5-9-13-17/h4-13,21H,14-15,20,23H2,1-3H3.